The summed E-state index contributed by atoms with van der Waals surface area (Å²) in [6, 6.07) is 9.50. The second-order valence-electron chi connectivity index (χ2n) is 4.96. The molecule has 3 aromatic rings. The summed E-state index contributed by atoms with van der Waals surface area (Å²) in [4.78, 5) is 29.3. The maximum absolute atomic E-state index is 11.2. The number of fused-ring (bicyclic) bond motifs is 1. The maximum atomic E-state index is 11.2. The van der Waals surface area contributed by atoms with Crippen LogP contribution in [0.2, 0.25) is 5.02 Å². The van der Waals surface area contributed by atoms with Crippen molar-refractivity contribution in [3.63, 3.8) is 0 Å². The molecule has 1 amide bonds. The molecule has 0 aliphatic rings. The first-order valence-electron chi connectivity index (χ1n) is 6.79. The van der Waals surface area contributed by atoms with Crippen LogP contribution in [0.4, 0.5) is 5.69 Å². The number of imidazole rings is 1. The molecule has 1 aromatic heterocycles. The van der Waals surface area contributed by atoms with Crippen LogP contribution >= 0.6 is 23.4 Å². The SMILES string of the molecule is NC(=O)c1ccc(CSc2nc3ccc(Cl)cc3[nH]2)c([N+](=O)[O-])c1. The molecule has 0 aliphatic carbocycles. The lowest BCUT2D eigenvalue weighted by molar-refractivity contribution is -0.385. The Morgan fingerprint density at radius 1 is 1.33 bits per heavy atom. The van der Waals surface area contributed by atoms with Crippen molar-refractivity contribution in [1.29, 1.82) is 0 Å². The largest absolute Gasteiger partial charge is 0.366 e. The lowest BCUT2D eigenvalue weighted by atomic mass is 10.1. The molecule has 0 aliphatic heterocycles. The number of nitrogens with zero attached hydrogens (tertiary/aromatic N) is 2. The molecular formula is C15H11ClN4O3S. The number of nitro groups is 1. The average Bonchev–Trinajstić information content (AvgIpc) is 2.94. The first-order valence-corrected chi connectivity index (χ1v) is 8.15. The van der Waals surface area contributed by atoms with Crippen molar-refractivity contribution in [3.8, 4) is 0 Å². The molecule has 3 rings (SSSR count). The molecule has 122 valence electrons. The summed E-state index contributed by atoms with van der Waals surface area (Å²) in [6.45, 7) is 0. The summed E-state index contributed by atoms with van der Waals surface area (Å²) in [5.74, 6) is -0.380. The fraction of sp³-hybridized carbons (Fsp3) is 0.0667. The number of rotatable bonds is 5. The standard InChI is InChI=1S/C15H11ClN4O3S/c16-10-3-4-11-12(6-10)19-15(18-11)24-7-9-2-1-8(14(17)21)5-13(9)20(22)23/h1-6H,7H2,(H2,17,21)(H,18,19). The number of nitrogens with one attached hydrogen (secondary N) is 1. The number of benzene rings is 2. The van der Waals surface area contributed by atoms with E-state index >= 15 is 0 Å². The van der Waals surface area contributed by atoms with E-state index in [2.05, 4.69) is 9.97 Å². The van der Waals surface area contributed by atoms with Gasteiger partial charge in [-0.05, 0) is 24.3 Å². The number of primary amides is 1. The van der Waals surface area contributed by atoms with Gasteiger partial charge in [-0.15, -0.1) is 0 Å². The number of hydrogen-bond donors (Lipinski definition) is 2. The van der Waals surface area contributed by atoms with Crippen molar-refractivity contribution < 1.29 is 9.72 Å². The summed E-state index contributed by atoms with van der Waals surface area (Å²) in [6.07, 6.45) is 0. The molecule has 0 saturated heterocycles. The number of amides is 1. The maximum Gasteiger partial charge on any atom is 0.274 e. The van der Waals surface area contributed by atoms with Gasteiger partial charge in [-0.25, -0.2) is 4.98 Å². The topological polar surface area (TPSA) is 115 Å². The number of nitro benzene ring substituents is 1. The minimum atomic E-state index is -0.702. The van der Waals surface area contributed by atoms with E-state index in [9.17, 15) is 14.9 Å². The number of carbonyl (C=O) groups is 1. The highest BCUT2D eigenvalue weighted by molar-refractivity contribution is 7.98. The number of aromatic nitrogens is 2. The highest BCUT2D eigenvalue weighted by Gasteiger charge is 2.17. The smallest absolute Gasteiger partial charge is 0.274 e. The van der Waals surface area contributed by atoms with Crippen LogP contribution in [0.25, 0.3) is 11.0 Å². The van der Waals surface area contributed by atoms with Gasteiger partial charge in [0.2, 0.25) is 5.91 Å². The summed E-state index contributed by atoms with van der Waals surface area (Å²) in [5, 5.41) is 12.4. The number of hydrogen-bond acceptors (Lipinski definition) is 5. The molecule has 0 bridgehead atoms. The predicted molar refractivity (Wildman–Crippen MR) is 92.3 cm³/mol. The quantitative estimate of drug-likeness (QED) is 0.409. The monoisotopic (exact) mass is 362 g/mol. The van der Waals surface area contributed by atoms with E-state index in [0.717, 1.165) is 11.0 Å². The van der Waals surface area contributed by atoms with E-state index in [0.29, 0.717) is 21.5 Å². The Morgan fingerprint density at radius 3 is 2.83 bits per heavy atom. The zero-order valence-electron chi connectivity index (χ0n) is 12.2. The molecule has 0 spiro atoms. The Labute approximate surface area is 145 Å². The number of H-pyrrole nitrogens is 1. The Morgan fingerprint density at radius 2 is 2.12 bits per heavy atom. The van der Waals surface area contributed by atoms with Gasteiger partial charge in [-0.3, -0.25) is 14.9 Å². The van der Waals surface area contributed by atoms with Crippen molar-refractivity contribution in [2.24, 2.45) is 5.73 Å². The zero-order chi connectivity index (χ0) is 17.3. The lowest BCUT2D eigenvalue weighted by Crippen LogP contribution is -2.11. The van der Waals surface area contributed by atoms with Crippen LogP contribution in [0, 0.1) is 10.1 Å². The van der Waals surface area contributed by atoms with Crippen molar-refractivity contribution in [3.05, 3.63) is 62.7 Å². The second kappa shape index (κ2) is 6.50. The first-order chi connectivity index (χ1) is 11.4. The summed E-state index contributed by atoms with van der Waals surface area (Å²) >= 11 is 7.25. The Hall–Kier alpha value is -2.58. The predicted octanol–water partition coefficient (Wildman–Crippen LogP) is 3.52. The second-order valence-corrected chi connectivity index (χ2v) is 6.36. The number of carbonyl (C=O) groups excluding carboxylic acids is 1. The number of nitrogens with two attached hydrogens (primary N) is 1. The Kier molecular flexibility index (Phi) is 4.41. The third kappa shape index (κ3) is 3.34. The van der Waals surface area contributed by atoms with Gasteiger partial charge in [0.1, 0.15) is 0 Å². The van der Waals surface area contributed by atoms with E-state index in [1.54, 1.807) is 18.2 Å². The third-order valence-corrected chi connectivity index (χ3v) is 4.51. The molecule has 0 radical (unpaired) electrons. The molecule has 0 unspecified atom stereocenters. The van der Waals surface area contributed by atoms with Gasteiger partial charge in [0.15, 0.2) is 5.16 Å². The van der Waals surface area contributed by atoms with Gasteiger partial charge in [0, 0.05) is 28.0 Å². The zero-order valence-corrected chi connectivity index (χ0v) is 13.7. The minimum absolute atomic E-state index is 0.105. The summed E-state index contributed by atoms with van der Waals surface area (Å²) in [7, 11) is 0. The van der Waals surface area contributed by atoms with E-state index in [1.807, 2.05) is 0 Å². The van der Waals surface area contributed by atoms with Gasteiger partial charge in [-0.2, -0.15) is 0 Å². The van der Waals surface area contributed by atoms with Crippen LogP contribution in [-0.4, -0.2) is 20.8 Å². The summed E-state index contributed by atoms with van der Waals surface area (Å²) in [5.41, 5.74) is 7.16. The average molecular weight is 363 g/mol. The normalized spacial score (nSPS) is 10.9. The van der Waals surface area contributed by atoms with Crippen LogP contribution in [-0.2, 0) is 5.75 Å². The molecule has 0 fully saturated rings. The van der Waals surface area contributed by atoms with Crippen molar-refractivity contribution in [2.75, 3.05) is 0 Å². The first kappa shape index (κ1) is 16.3. The summed E-state index contributed by atoms with van der Waals surface area (Å²) < 4.78 is 0. The Balaban J connectivity index is 1.84. The lowest BCUT2D eigenvalue weighted by Gasteiger charge is -2.03. The molecule has 0 saturated carbocycles. The molecule has 2 aromatic carbocycles. The number of aromatic amines is 1. The molecule has 9 heteroatoms. The van der Waals surface area contributed by atoms with Crippen molar-refractivity contribution in [2.45, 2.75) is 10.9 Å². The van der Waals surface area contributed by atoms with Crippen molar-refractivity contribution in [1.82, 2.24) is 9.97 Å². The highest BCUT2D eigenvalue weighted by atomic mass is 35.5. The third-order valence-electron chi connectivity index (χ3n) is 3.35. The fourth-order valence-corrected chi connectivity index (χ4v) is 3.24. The number of thioether (sulfide) groups is 1. The van der Waals surface area contributed by atoms with Crippen LogP contribution in [0.1, 0.15) is 15.9 Å². The molecule has 0 atom stereocenters. The van der Waals surface area contributed by atoms with Gasteiger partial charge in [-0.1, -0.05) is 29.4 Å². The van der Waals surface area contributed by atoms with Crippen LogP contribution < -0.4 is 5.73 Å². The minimum Gasteiger partial charge on any atom is -0.366 e. The highest BCUT2D eigenvalue weighted by Crippen LogP contribution is 2.29. The molecule has 1 heterocycles. The van der Waals surface area contributed by atoms with Crippen LogP contribution in [0.15, 0.2) is 41.6 Å². The van der Waals surface area contributed by atoms with Crippen LogP contribution in [0.3, 0.4) is 0 Å². The van der Waals surface area contributed by atoms with Crippen molar-refractivity contribution >= 4 is 46.0 Å². The molecule has 24 heavy (non-hydrogen) atoms. The number of halogens is 1. The van der Waals surface area contributed by atoms with E-state index in [1.165, 1.54) is 30.0 Å². The van der Waals surface area contributed by atoms with Gasteiger partial charge >= 0.3 is 0 Å². The van der Waals surface area contributed by atoms with Gasteiger partial charge < -0.3 is 10.7 Å². The molecule has 7 nitrogen and oxygen atoms in total. The van der Waals surface area contributed by atoms with E-state index < -0.39 is 10.8 Å². The van der Waals surface area contributed by atoms with Crippen LogP contribution in [0.5, 0.6) is 0 Å². The Bertz CT molecular complexity index is 957. The van der Waals surface area contributed by atoms with Gasteiger partial charge in [0.25, 0.3) is 5.69 Å². The molecule has 3 N–H and O–H groups in total. The van der Waals surface area contributed by atoms with E-state index in [-0.39, 0.29) is 11.3 Å². The molecular weight excluding hydrogens is 352 g/mol. The van der Waals surface area contributed by atoms with E-state index in [4.69, 9.17) is 17.3 Å². The fourth-order valence-electron chi connectivity index (χ4n) is 2.18. The van der Waals surface area contributed by atoms with Gasteiger partial charge in [0.05, 0.1) is 16.0 Å².